The van der Waals surface area contributed by atoms with Crippen LogP contribution >= 0.6 is 22.9 Å². The third-order valence-electron chi connectivity index (χ3n) is 4.70. The lowest BCUT2D eigenvalue weighted by molar-refractivity contribution is 0.237. The van der Waals surface area contributed by atoms with E-state index in [-0.39, 0.29) is 5.02 Å². The summed E-state index contributed by atoms with van der Waals surface area (Å²) < 4.78 is 14.3. The van der Waals surface area contributed by atoms with Crippen molar-refractivity contribution in [2.45, 2.75) is 26.2 Å². The number of thiazole rings is 1. The van der Waals surface area contributed by atoms with Gasteiger partial charge in [0.15, 0.2) is 16.6 Å². The molecule has 0 atom stereocenters. The molecule has 6 nitrogen and oxygen atoms in total. The zero-order valence-corrected chi connectivity index (χ0v) is 17.2. The number of fused-ring (bicyclic) bond motifs is 1. The lowest BCUT2D eigenvalue weighted by atomic mass is 10.1. The van der Waals surface area contributed by atoms with Crippen LogP contribution in [0.3, 0.4) is 0 Å². The van der Waals surface area contributed by atoms with Crippen molar-refractivity contribution in [1.29, 1.82) is 0 Å². The summed E-state index contributed by atoms with van der Waals surface area (Å²) in [5.41, 5.74) is 1.31. The maximum absolute atomic E-state index is 13.4. The number of aryl methyl sites for hydroxylation is 1. The van der Waals surface area contributed by atoms with Gasteiger partial charge in [-0.25, -0.2) is 14.4 Å². The third kappa shape index (κ3) is 4.51. The largest absolute Gasteiger partial charge is 0.360 e. The van der Waals surface area contributed by atoms with Gasteiger partial charge < -0.3 is 15.5 Å². The minimum absolute atomic E-state index is 0.0661. The second-order valence-corrected chi connectivity index (χ2v) is 8.28. The molecule has 3 heterocycles. The van der Waals surface area contributed by atoms with Gasteiger partial charge in [0.1, 0.15) is 16.3 Å². The molecule has 0 saturated carbocycles. The highest BCUT2D eigenvalue weighted by Crippen LogP contribution is 2.32. The SMILES string of the molecule is Cc1nc(Nc2ccc(F)c(Cl)c2)c2sc(NCCN3CCCCC3)nc2n1. The summed E-state index contributed by atoms with van der Waals surface area (Å²) in [6, 6.07) is 4.50. The van der Waals surface area contributed by atoms with Crippen LogP contribution < -0.4 is 10.6 Å². The highest BCUT2D eigenvalue weighted by atomic mass is 35.5. The van der Waals surface area contributed by atoms with Gasteiger partial charge in [-0.15, -0.1) is 0 Å². The lowest BCUT2D eigenvalue weighted by Crippen LogP contribution is -2.33. The van der Waals surface area contributed by atoms with E-state index in [9.17, 15) is 4.39 Å². The molecule has 4 rings (SSSR count). The monoisotopic (exact) mass is 420 g/mol. The number of hydrogen-bond donors (Lipinski definition) is 2. The molecule has 1 aromatic carbocycles. The van der Waals surface area contributed by atoms with Crippen molar-refractivity contribution in [2.24, 2.45) is 0 Å². The molecule has 0 aliphatic carbocycles. The molecule has 2 aromatic heterocycles. The first-order valence-electron chi connectivity index (χ1n) is 9.42. The Bertz CT molecular complexity index is 972. The number of aromatic nitrogens is 3. The molecule has 148 valence electrons. The molecular weight excluding hydrogens is 399 g/mol. The third-order valence-corrected chi connectivity index (χ3v) is 6.00. The summed E-state index contributed by atoms with van der Waals surface area (Å²) in [6.45, 7) is 6.05. The van der Waals surface area contributed by atoms with E-state index in [2.05, 4.69) is 30.5 Å². The van der Waals surface area contributed by atoms with Gasteiger partial charge in [0.2, 0.25) is 0 Å². The van der Waals surface area contributed by atoms with E-state index >= 15 is 0 Å². The van der Waals surface area contributed by atoms with Crippen molar-refractivity contribution in [1.82, 2.24) is 19.9 Å². The van der Waals surface area contributed by atoms with E-state index in [0.717, 1.165) is 22.9 Å². The van der Waals surface area contributed by atoms with E-state index in [1.54, 1.807) is 12.1 Å². The minimum Gasteiger partial charge on any atom is -0.360 e. The maximum atomic E-state index is 13.4. The first kappa shape index (κ1) is 19.3. The van der Waals surface area contributed by atoms with E-state index in [4.69, 9.17) is 11.6 Å². The Hall–Kier alpha value is -2.03. The Morgan fingerprint density at radius 2 is 2.00 bits per heavy atom. The fraction of sp³-hybridized carbons (Fsp3) is 0.421. The van der Waals surface area contributed by atoms with Crippen LogP contribution in [0.15, 0.2) is 18.2 Å². The molecule has 28 heavy (non-hydrogen) atoms. The first-order chi connectivity index (χ1) is 13.6. The van der Waals surface area contributed by atoms with Crippen LogP contribution in [0.4, 0.5) is 21.0 Å². The summed E-state index contributed by atoms with van der Waals surface area (Å²) in [5.74, 6) is 0.814. The number of rotatable bonds is 6. The van der Waals surface area contributed by atoms with Gasteiger partial charge in [0.05, 0.1) is 5.02 Å². The highest BCUT2D eigenvalue weighted by molar-refractivity contribution is 7.22. The summed E-state index contributed by atoms with van der Waals surface area (Å²) in [5, 5.41) is 7.51. The average Bonchev–Trinajstić information content (AvgIpc) is 3.08. The maximum Gasteiger partial charge on any atom is 0.185 e. The summed E-state index contributed by atoms with van der Waals surface area (Å²) in [4.78, 5) is 16.0. The Morgan fingerprint density at radius 1 is 1.18 bits per heavy atom. The molecule has 0 unspecified atom stereocenters. The molecular formula is C19H22ClFN6S. The fourth-order valence-corrected chi connectivity index (χ4v) is 4.36. The second kappa shape index (κ2) is 8.55. The summed E-state index contributed by atoms with van der Waals surface area (Å²) in [6.07, 6.45) is 3.92. The summed E-state index contributed by atoms with van der Waals surface area (Å²) >= 11 is 7.39. The molecule has 1 saturated heterocycles. The molecule has 2 N–H and O–H groups in total. The van der Waals surface area contributed by atoms with Crippen LogP contribution in [-0.2, 0) is 0 Å². The van der Waals surface area contributed by atoms with Crippen LogP contribution in [0.2, 0.25) is 5.02 Å². The van der Waals surface area contributed by atoms with Gasteiger partial charge in [-0.3, -0.25) is 0 Å². The van der Waals surface area contributed by atoms with Crippen molar-refractivity contribution >= 4 is 49.9 Å². The molecule has 3 aromatic rings. The molecule has 0 radical (unpaired) electrons. The average molecular weight is 421 g/mol. The quantitative estimate of drug-likeness (QED) is 0.595. The summed E-state index contributed by atoms with van der Waals surface area (Å²) in [7, 11) is 0. The van der Waals surface area contributed by atoms with Crippen LogP contribution in [-0.4, -0.2) is 46.0 Å². The lowest BCUT2D eigenvalue weighted by Gasteiger charge is -2.26. The van der Waals surface area contributed by atoms with Gasteiger partial charge >= 0.3 is 0 Å². The molecule has 1 aliphatic rings. The molecule has 1 fully saturated rings. The minimum atomic E-state index is -0.450. The Kier molecular flexibility index (Phi) is 5.89. The number of nitrogens with one attached hydrogen (secondary N) is 2. The van der Waals surface area contributed by atoms with E-state index < -0.39 is 5.82 Å². The Morgan fingerprint density at radius 3 is 2.79 bits per heavy atom. The normalized spacial score (nSPS) is 15.1. The Labute approximate surface area is 172 Å². The molecule has 0 amide bonds. The van der Waals surface area contributed by atoms with E-state index in [1.807, 2.05) is 6.92 Å². The van der Waals surface area contributed by atoms with Crippen molar-refractivity contribution in [3.63, 3.8) is 0 Å². The predicted octanol–water partition coefficient (Wildman–Crippen LogP) is 4.83. The van der Waals surface area contributed by atoms with Crippen LogP contribution in [0.5, 0.6) is 0 Å². The zero-order valence-electron chi connectivity index (χ0n) is 15.6. The highest BCUT2D eigenvalue weighted by Gasteiger charge is 2.14. The Balaban J connectivity index is 1.50. The topological polar surface area (TPSA) is 66.0 Å². The van der Waals surface area contributed by atoms with Gasteiger partial charge in [0.25, 0.3) is 0 Å². The number of anilines is 3. The first-order valence-corrected chi connectivity index (χ1v) is 10.6. The molecule has 0 bridgehead atoms. The number of halogens is 2. The second-order valence-electron chi connectivity index (χ2n) is 6.87. The van der Waals surface area contributed by atoms with Gasteiger partial charge in [-0.1, -0.05) is 29.4 Å². The van der Waals surface area contributed by atoms with E-state index in [0.29, 0.717) is 23.0 Å². The van der Waals surface area contributed by atoms with Crippen LogP contribution in [0.1, 0.15) is 25.1 Å². The zero-order chi connectivity index (χ0) is 19.5. The van der Waals surface area contributed by atoms with Crippen molar-refractivity contribution in [3.05, 3.63) is 34.9 Å². The predicted molar refractivity (Wildman–Crippen MR) is 113 cm³/mol. The van der Waals surface area contributed by atoms with Crippen molar-refractivity contribution in [3.8, 4) is 0 Å². The molecule has 0 spiro atoms. The van der Waals surface area contributed by atoms with Crippen molar-refractivity contribution < 1.29 is 4.39 Å². The number of piperidine rings is 1. The van der Waals surface area contributed by atoms with E-state index in [1.165, 1.54) is 49.8 Å². The molecule has 1 aliphatic heterocycles. The number of benzene rings is 1. The number of nitrogens with zero attached hydrogens (tertiary/aromatic N) is 4. The van der Waals surface area contributed by atoms with Crippen LogP contribution in [0, 0.1) is 12.7 Å². The number of likely N-dealkylation sites (tertiary alicyclic amines) is 1. The standard InChI is InChI=1S/C19H22ClFN6S/c1-12-23-17(25-13-5-6-15(21)14(20)11-13)16-18(24-12)26-19(28-16)22-7-10-27-8-3-2-4-9-27/h5-6,11H,2-4,7-10H2,1H3,(H2,22,23,24,25,26). The molecule has 9 heteroatoms. The fourth-order valence-electron chi connectivity index (χ4n) is 3.31. The van der Waals surface area contributed by atoms with Gasteiger partial charge in [-0.05, 0) is 51.1 Å². The number of hydrogen-bond acceptors (Lipinski definition) is 7. The van der Waals surface area contributed by atoms with Crippen molar-refractivity contribution in [2.75, 3.05) is 36.8 Å². The smallest absolute Gasteiger partial charge is 0.185 e. The van der Waals surface area contributed by atoms with Gasteiger partial charge in [-0.2, -0.15) is 4.98 Å². The van der Waals surface area contributed by atoms with Crippen LogP contribution in [0.25, 0.3) is 10.3 Å². The van der Waals surface area contributed by atoms with Gasteiger partial charge in [0, 0.05) is 18.8 Å².